The van der Waals surface area contributed by atoms with Crippen LogP contribution in [-0.4, -0.2) is 17.9 Å². The molecule has 5 heteroatoms. The topological polar surface area (TPSA) is 72.2 Å². The fourth-order valence-electron chi connectivity index (χ4n) is 2.11. The van der Waals surface area contributed by atoms with Crippen molar-refractivity contribution >= 4 is 11.8 Å². The molecular formula is C17H17FN2O2. The SMILES string of the molecule is NC(=O)[C@@H](CCc1ccccc1)NC(=O)c1cccc(F)c1. The first kappa shape index (κ1) is 15.7. The minimum Gasteiger partial charge on any atom is -0.368 e. The number of primary amides is 1. The molecule has 22 heavy (non-hydrogen) atoms. The van der Waals surface area contributed by atoms with Crippen molar-refractivity contribution in [2.45, 2.75) is 18.9 Å². The summed E-state index contributed by atoms with van der Waals surface area (Å²) in [5, 5.41) is 2.55. The molecule has 0 aliphatic carbocycles. The standard InChI is InChI=1S/C17H17FN2O2/c18-14-8-4-7-13(11-14)17(22)20-15(16(19)21)10-9-12-5-2-1-3-6-12/h1-8,11,15H,9-10H2,(H2,19,21)(H,20,22)/t15-/m1/s1. The molecule has 2 aromatic carbocycles. The van der Waals surface area contributed by atoms with Crippen LogP contribution in [0.15, 0.2) is 54.6 Å². The van der Waals surface area contributed by atoms with E-state index in [2.05, 4.69) is 5.32 Å². The highest BCUT2D eigenvalue weighted by Gasteiger charge is 2.19. The normalized spacial score (nSPS) is 11.7. The van der Waals surface area contributed by atoms with E-state index in [1.165, 1.54) is 18.2 Å². The van der Waals surface area contributed by atoms with Crippen molar-refractivity contribution in [2.75, 3.05) is 0 Å². The fraction of sp³-hybridized carbons (Fsp3) is 0.176. The van der Waals surface area contributed by atoms with Crippen LogP contribution in [0.2, 0.25) is 0 Å². The number of hydrogen-bond donors (Lipinski definition) is 2. The smallest absolute Gasteiger partial charge is 0.252 e. The van der Waals surface area contributed by atoms with Gasteiger partial charge in [-0.1, -0.05) is 36.4 Å². The van der Waals surface area contributed by atoms with Gasteiger partial charge in [0.1, 0.15) is 11.9 Å². The minimum atomic E-state index is -0.795. The van der Waals surface area contributed by atoms with Crippen LogP contribution in [-0.2, 0) is 11.2 Å². The molecule has 0 unspecified atom stereocenters. The summed E-state index contributed by atoms with van der Waals surface area (Å²) >= 11 is 0. The van der Waals surface area contributed by atoms with Crippen molar-refractivity contribution in [3.8, 4) is 0 Å². The molecule has 2 aromatic rings. The molecular weight excluding hydrogens is 283 g/mol. The van der Waals surface area contributed by atoms with Crippen LogP contribution in [0.3, 0.4) is 0 Å². The van der Waals surface area contributed by atoms with Gasteiger partial charge in [-0.05, 0) is 36.6 Å². The summed E-state index contributed by atoms with van der Waals surface area (Å²) in [7, 11) is 0. The molecule has 0 aromatic heterocycles. The highest BCUT2D eigenvalue weighted by atomic mass is 19.1. The molecule has 0 spiro atoms. The second kappa shape index (κ2) is 7.36. The van der Waals surface area contributed by atoms with Crippen molar-refractivity contribution in [2.24, 2.45) is 5.73 Å². The van der Waals surface area contributed by atoms with E-state index >= 15 is 0 Å². The predicted octanol–water partition coefficient (Wildman–Crippen LogP) is 2.04. The van der Waals surface area contributed by atoms with Crippen LogP contribution in [0.25, 0.3) is 0 Å². The van der Waals surface area contributed by atoms with Crippen LogP contribution in [0.5, 0.6) is 0 Å². The lowest BCUT2D eigenvalue weighted by Gasteiger charge is -2.15. The lowest BCUT2D eigenvalue weighted by atomic mass is 10.0. The van der Waals surface area contributed by atoms with Gasteiger partial charge in [-0.3, -0.25) is 9.59 Å². The fourth-order valence-corrected chi connectivity index (χ4v) is 2.11. The van der Waals surface area contributed by atoms with Crippen molar-refractivity contribution in [3.05, 3.63) is 71.5 Å². The number of nitrogens with two attached hydrogens (primary N) is 1. The number of halogens is 1. The Kier molecular flexibility index (Phi) is 5.25. The van der Waals surface area contributed by atoms with E-state index in [1.807, 2.05) is 30.3 Å². The Morgan fingerprint density at radius 2 is 1.82 bits per heavy atom. The van der Waals surface area contributed by atoms with Gasteiger partial charge in [0, 0.05) is 5.56 Å². The molecule has 1 atom stereocenters. The number of amides is 2. The van der Waals surface area contributed by atoms with E-state index in [9.17, 15) is 14.0 Å². The van der Waals surface area contributed by atoms with Crippen LogP contribution in [0.1, 0.15) is 22.3 Å². The van der Waals surface area contributed by atoms with Gasteiger partial charge in [0.2, 0.25) is 5.91 Å². The molecule has 0 aliphatic heterocycles. The monoisotopic (exact) mass is 300 g/mol. The molecule has 0 heterocycles. The summed E-state index contributed by atoms with van der Waals surface area (Å²) in [6, 6.07) is 14.1. The lowest BCUT2D eigenvalue weighted by Crippen LogP contribution is -2.44. The molecule has 0 fully saturated rings. The number of carbonyl (C=O) groups is 2. The van der Waals surface area contributed by atoms with Crippen molar-refractivity contribution < 1.29 is 14.0 Å². The second-order valence-electron chi connectivity index (χ2n) is 4.96. The molecule has 114 valence electrons. The summed E-state index contributed by atoms with van der Waals surface area (Å²) in [6.07, 6.45) is 0.998. The molecule has 0 radical (unpaired) electrons. The maximum Gasteiger partial charge on any atom is 0.252 e. The van der Waals surface area contributed by atoms with Gasteiger partial charge in [-0.15, -0.1) is 0 Å². The van der Waals surface area contributed by atoms with E-state index in [1.54, 1.807) is 0 Å². The molecule has 2 amide bonds. The van der Waals surface area contributed by atoms with Gasteiger partial charge in [0.05, 0.1) is 0 Å². The molecule has 4 nitrogen and oxygen atoms in total. The van der Waals surface area contributed by atoms with Gasteiger partial charge in [0.15, 0.2) is 0 Å². The molecule has 0 aliphatic rings. The second-order valence-corrected chi connectivity index (χ2v) is 4.96. The van der Waals surface area contributed by atoms with Gasteiger partial charge >= 0.3 is 0 Å². The van der Waals surface area contributed by atoms with E-state index in [4.69, 9.17) is 5.73 Å². The van der Waals surface area contributed by atoms with Gasteiger partial charge in [0.25, 0.3) is 5.91 Å². The molecule has 2 rings (SSSR count). The number of hydrogen-bond acceptors (Lipinski definition) is 2. The van der Waals surface area contributed by atoms with Crippen LogP contribution in [0, 0.1) is 5.82 Å². The predicted molar refractivity (Wildman–Crippen MR) is 81.6 cm³/mol. The lowest BCUT2D eigenvalue weighted by molar-refractivity contribution is -0.120. The first-order valence-electron chi connectivity index (χ1n) is 6.96. The largest absolute Gasteiger partial charge is 0.368 e. The van der Waals surface area contributed by atoms with Gasteiger partial charge in [-0.25, -0.2) is 4.39 Å². The Balaban J connectivity index is 1.99. The summed E-state index contributed by atoms with van der Waals surface area (Å²) in [4.78, 5) is 23.5. The summed E-state index contributed by atoms with van der Waals surface area (Å²) in [5.41, 5.74) is 6.54. The van der Waals surface area contributed by atoms with Crippen LogP contribution < -0.4 is 11.1 Å². The molecule has 0 bridgehead atoms. The third-order valence-corrected chi connectivity index (χ3v) is 3.30. The van der Waals surface area contributed by atoms with Gasteiger partial charge < -0.3 is 11.1 Å². The molecule has 0 saturated heterocycles. The minimum absolute atomic E-state index is 0.158. The average molecular weight is 300 g/mol. The summed E-state index contributed by atoms with van der Waals surface area (Å²) in [6.45, 7) is 0. The van der Waals surface area contributed by atoms with E-state index in [-0.39, 0.29) is 5.56 Å². The molecule has 3 N–H and O–H groups in total. The quantitative estimate of drug-likeness (QED) is 0.857. The first-order valence-corrected chi connectivity index (χ1v) is 6.96. The highest BCUT2D eigenvalue weighted by molar-refractivity contribution is 5.97. The maximum absolute atomic E-state index is 13.1. The number of aryl methyl sites for hydroxylation is 1. The van der Waals surface area contributed by atoms with Crippen molar-refractivity contribution in [3.63, 3.8) is 0 Å². The van der Waals surface area contributed by atoms with Crippen molar-refractivity contribution in [1.29, 1.82) is 0 Å². The summed E-state index contributed by atoms with van der Waals surface area (Å²) < 4.78 is 13.1. The number of nitrogens with one attached hydrogen (secondary N) is 1. The van der Waals surface area contributed by atoms with Crippen LogP contribution in [0.4, 0.5) is 4.39 Å². The van der Waals surface area contributed by atoms with Crippen molar-refractivity contribution in [1.82, 2.24) is 5.32 Å². The van der Waals surface area contributed by atoms with Crippen LogP contribution >= 0.6 is 0 Å². The Labute approximate surface area is 128 Å². The number of benzene rings is 2. The highest BCUT2D eigenvalue weighted by Crippen LogP contribution is 2.07. The van der Waals surface area contributed by atoms with E-state index < -0.39 is 23.7 Å². The third kappa shape index (κ3) is 4.41. The zero-order valence-electron chi connectivity index (χ0n) is 12.0. The Morgan fingerprint density at radius 3 is 2.45 bits per heavy atom. The Bertz CT molecular complexity index is 659. The third-order valence-electron chi connectivity index (χ3n) is 3.30. The number of carbonyl (C=O) groups excluding carboxylic acids is 2. The van der Waals surface area contributed by atoms with E-state index in [0.29, 0.717) is 12.8 Å². The maximum atomic E-state index is 13.1. The molecule has 0 saturated carbocycles. The Hall–Kier alpha value is -2.69. The van der Waals surface area contributed by atoms with Gasteiger partial charge in [-0.2, -0.15) is 0 Å². The summed E-state index contributed by atoms with van der Waals surface area (Å²) in [5.74, 6) is -1.63. The zero-order chi connectivity index (χ0) is 15.9. The van der Waals surface area contributed by atoms with E-state index in [0.717, 1.165) is 11.6 Å². The zero-order valence-corrected chi connectivity index (χ0v) is 12.0. The Morgan fingerprint density at radius 1 is 1.09 bits per heavy atom. The number of rotatable bonds is 6. The average Bonchev–Trinajstić information content (AvgIpc) is 2.52. The first-order chi connectivity index (χ1) is 10.6.